The molecule has 1 aliphatic rings. The monoisotopic (exact) mass is 281 g/mol. The van der Waals surface area contributed by atoms with E-state index in [1.165, 1.54) is 16.8 Å². The fourth-order valence-corrected chi connectivity index (χ4v) is 2.92. The summed E-state index contributed by atoms with van der Waals surface area (Å²) in [7, 11) is 0. The minimum absolute atomic E-state index is 0.899. The predicted molar refractivity (Wildman–Crippen MR) is 89.5 cm³/mol. The second-order valence-corrected chi connectivity index (χ2v) is 5.73. The van der Waals surface area contributed by atoms with E-state index in [1.54, 1.807) is 0 Å². The van der Waals surface area contributed by atoms with Gasteiger partial charge in [0.2, 0.25) is 0 Å². The smallest absolute Gasteiger partial charge is 0.0367 e. The van der Waals surface area contributed by atoms with Gasteiger partial charge in [0.15, 0.2) is 0 Å². The summed E-state index contributed by atoms with van der Waals surface area (Å²) in [5, 5.41) is 0. The predicted octanol–water partition coefficient (Wildman–Crippen LogP) is 2.90. The summed E-state index contributed by atoms with van der Waals surface area (Å²) in [6, 6.07) is 16.9. The number of rotatable bonds is 3. The van der Waals surface area contributed by atoms with Crippen LogP contribution >= 0.6 is 0 Å². The second kappa shape index (κ2) is 6.19. The molecule has 1 heterocycles. The second-order valence-electron chi connectivity index (χ2n) is 5.73. The van der Waals surface area contributed by atoms with Crippen molar-refractivity contribution in [2.24, 2.45) is 0 Å². The minimum Gasteiger partial charge on any atom is -0.399 e. The first-order chi connectivity index (χ1) is 10.2. The highest BCUT2D eigenvalue weighted by Gasteiger charge is 2.17. The number of nitrogens with two attached hydrogens (primary N) is 1. The lowest BCUT2D eigenvalue weighted by atomic mass is 10.1. The Morgan fingerprint density at radius 1 is 0.905 bits per heavy atom. The van der Waals surface area contributed by atoms with Crippen LogP contribution in [-0.4, -0.2) is 31.1 Å². The van der Waals surface area contributed by atoms with E-state index >= 15 is 0 Å². The van der Waals surface area contributed by atoms with Gasteiger partial charge in [-0.1, -0.05) is 30.3 Å². The molecule has 1 fully saturated rings. The van der Waals surface area contributed by atoms with Crippen LogP contribution in [0.25, 0.3) is 0 Å². The van der Waals surface area contributed by atoms with Gasteiger partial charge in [-0.2, -0.15) is 0 Å². The van der Waals surface area contributed by atoms with Crippen LogP contribution in [0.2, 0.25) is 0 Å². The van der Waals surface area contributed by atoms with Crippen LogP contribution in [0, 0.1) is 6.92 Å². The number of anilines is 2. The first-order valence-electron chi connectivity index (χ1n) is 7.60. The average Bonchev–Trinajstić information content (AvgIpc) is 2.53. The van der Waals surface area contributed by atoms with Crippen molar-refractivity contribution in [2.75, 3.05) is 36.8 Å². The van der Waals surface area contributed by atoms with Crippen molar-refractivity contribution in [1.29, 1.82) is 0 Å². The number of para-hydroxylation sites is 1. The van der Waals surface area contributed by atoms with Gasteiger partial charge in [0.25, 0.3) is 0 Å². The van der Waals surface area contributed by atoms with E-state index in [9.17, 15) is 0 Å². The zero-order chi connectivity index (χ0) is 14.7. The molecule has 0 bridgehead atoms. The van der Waals surface area contributed by atoms with Crippen molar-refractivity contribution >= 4 is 11.4 Å². The highest BCUT2D eigenvalue weighted by Crippen LogP contribution is 2.20. The Balaban J connectivity index is 1.60. The number of piperazine rings is 1. The maximum atomic E-state index is 6.00. The van der Waals surface area contributed by atoms with Crippen molar-refractivity contribution in [3.63, 3.8) is 0 Å². The van der Waals surface area contributed by atoms with Crippen LogP contribution < -0.4 is 10.6 Å². The Labute approximate surface area is 127 Å². The third-order valence-electron chi connectivity index (χ3n) is 4.38. The largest absolute Gasteiger partial charge is 0.399 e. The summed E-state index contributed by atoms with van der Waals surface area (Å²) < 4.78 is 0. The van der Waals surface area contributed by atoms with Gasteiger partial charge < -0.3 is 10.6 Å². The molecular formula is C18H23N3. The summed E-state index contributed by atoms with van der Waals surface area (Å²) in [6.45, 7) is 7.49. The van der Waals surface area contributed by atoms with Gasteiger partial charge in [0.05, 0.1) is 0 Å². The standard InChI is InChI=1S/C18H23N3/c1-15-16(6-5-9-18(15)19)14-20-10-12-21(13-11-20)17-7-3-2-4-8-17/h2-9H,10-14,19H2,1H3. The number of hydrogen-bond acceptors (Lipinski definition) is 3. The number of nitrogen functional groups attached to an aromatic ring is 1. The van der Waals surface area contributed by atoms with Crippen molar-refractivity contribution in [2.45, 2.75) is 13.5 Å². The summed E-state index contributed by atoms with van der Waals surface area (Å²) >= 11 is 0. The molecule has 2 aromatic rings. The third kappa shape index (κ3) is 3.19. The van der Waals surface area contributed by atoms with Crippen molar-refractivity contribution in [3.8, 4) is 0 Å². The molecule has 110 valence electrons. The molecule has 1 aliphatic heterocycles. The molecule has 0 amide bonds. The molecule has 0 unspecified atom stereocenters. The number of benzene rings is 2. The molecule has 0 atom stereocenters. The molecular weight excluding hydrogens is 258 g/mol. The Hall–Kier alpha value is -2.00. The lowest BCUT2D eigenvalue weighted by molar-refractivity contribution is 0.249. The molecule has 21 heavy (non-hydrogen) atoms. The molecule has 2 aromatic carbocycles. The molecule has 0 spiro atoms. The van der Waals surface area contributed by atoms with E-state index in [-0.39, 0.29) is 0 Å². The number of nitrogens with zero attached hydrogens (tertiary/aromatic N) is 2. The molecule has 3 heteroatoms. The molecule has 2 N–H and O–H groups in total. The van der Waals surface area contributed by atoms with Gasteiger partial charge in [0, 0.05) is 44.1 Å². The van der Waals surface area contributed by atoms with Gasteiger partial charge in [0.1, 0.15) is 0 Å². The van der Waals surface area contributed by atoms with E-state index in [0.717, 1.165) is 38.4 Å². The molecule has 0 radical (unpaired) electrons. The van der Waals surface area contributed by atoms with Crippen molar-refractivity contribution < 1.29 is 0 Å². The highest BCUT2D eigenvalue weighted by molar-refractivity contribution is 5.50. The van der Waals surface area contributed by atoms with Crippen LogP contribution in [0.3, 0.4) is 0 Å². The van der Waals surface area contributed by atoms with Crippen LogP contribution in [-0.2, 0) is 6.54 Å². The third-order valence-corrected chi connectivity index (χ3v) is 4.38. The van der Waals surface area contributed by atoms with Gasteiger partial charge in [-0.3, -0.25) is 4.90 Å². The highest BCUT2D eigenvalue weighted by atomic mass is 15.3. The maximum absolute atomic E-state index is 6.00. The van der Waals surface area contributed by atoms with E-state index in [1.807, 2.05) is 6.07 Å². The SMILES string of the molecule is Cc1c(N)cccc1CN1CCN(c2ccccc2)CC1. The molecule has 3 nitrogen and oxygen atoms in total. The molecule has 0 saturated carbocycles. The zero-order valence-corrected chi connectivity index (χ0v) is 12.6. The van der Waals surface area contributed by atoms with Crippen LogP contribution in [0.5, 0.6) is 0 Å². The average molecular weight is 281 g/mol. The topological polar surface area (TPSA) is 32.5 Å². The van der Waals surface area contributed by atoms with E-state index in [2.05, 4.69) is 59.2 Å². The summed E-state index contributed by atoms with van der Waals surface area (Å²) in [5.41, 5.74) is 10.8. The fourth-order valence-electron chi connectivity index (χ4n) is 2.92. The molecule has 0 aromatic heterocycles. The Morgan fingerprint density at radius 3 is 2.33 bits per heavy atom. The summed E-state index contributed by atoms with van der Waals surface area (Å²) in [5.74, 6) is 0. The maximum Gasteiger partial charge on any atom is 0.0367 e. The quantitative estimate of drug-likeness (QED) is 0.878. The normalized spacial score (nSPS) is 16.1. The lowest BCUT2D eigenvalue weighted by Gasteiger charge is -2.36. The fraction of sp³-hybridized carbons (Fsp3) is 0.333. The van der Waals surface area contributed by atoms with Gasteiger partial charge in [-0.05, 0) is 36.2 Å². The Morgan fingerprint density at radius 2 is 1.62 bits per heavy atom. The van der Waals surface area contributed by atoms with E-state index in [0.29, 0.717) is 0 Å². The van der Waals surface area contributed by atoms with E-state index in [4.69, 9.17) is 5.73 Å². The first-order valence-corrected chi connectivity index (χ1v) is 7.60. The molecule has 1 saturated heterocycles. The van der Waals surface area contributed by atoms with Gasteiger partial charge >= 0.3 is 0 Å². The molecule has 3 rings (SSSR count). The van der Waals surface area contributed by atoms with Crippen molar-refractivity contribution in [1.82, 2.24) is 4.90 Å². The number of hydrogen-bond donors (Lipinski definition) is 1. The lowest BCUT2D eigenvalue weighted by Crippen LogP contribution is -2.46. The summed E-state index contributed by atoms with van der Waals surface area (Å²) in [4.78, 5) is 4.98. The van der Waals surface area contributed by atoms with Gasteiger partial charge in [-0.25, -0.2) is 0 Å². The van der Waals surface area contributed by atoms with Crippen LogP contribution in [0.15, 0.2) is 48.5 Å². The van der Waals surface area contributed by atoms with Crippen LogP contribution in [0.4, 0.5) is 11.4 Å². The van der Waals surface area contributed by atoms with Crippen molar-refractivity contribution in [3.05, 3.63) is 59.7 Å². The van der Waals surface area contributed by atoms with E-state index < -0.39 is 0 Å². The Bertz CT molecular complexity index is 587. The van der Waals surface area contributed by atoms with Gasteiger partial charge in [-0.15, -0.1) is 0 Å². The summed E-state index contributed by atoms with van der Waals surface area (Å²) in [6.07, 6.45) is 0. The Kier molecular flexibility index (Phi) is 4.11. The zero-order valence-electron chi connectivity index (χ0n) is 12.6. The molecule has 0 aliphatic carbocycles. The minimum atomic E-state index is 0.899. The van der Waals surface area contributed by atoms with Crippen LogP contribution in [0.1, 0.15) is 11.1 Å². The first kappa shape index (κ1) is 14.0.